The third-order valence-electron chi connectivity index (χ3n) is 4.89. The molecule has 2 spiro atoms. The van der Waals surface area contributed by atoms with Crippen molar-refractivity contribution in [3.63, 3.8) is 0 Å². The first kappa shape index (κ1) is 6.58. The number of carbonyl (C=O) groups excluding carboxylic acids is 1. The maximum atomic E-state index is 11.9. The van der Waals surface area contributed by atoms with Crippen LogP contribution in [0.3, 0.4) is 0 Å². The molecule has 5 aliphatic rings. The lowest BCUT2D eigenvalue weighted by Crippen LogP contribution is -2.29. The maximum absolute atomic E-state index is 11.9. The molecule has 1 heteroatoms. The molecule has 4 bridgehead atoms. The fraction of sp³-hybridized carbons (Fsp3) is 0.583. The van der Waals surface area contributed by atoms with Crippen LogP contribution in [0.1, 0.15) is 19.3 Å². The van der Waals surface area contributed by atoms with Gasteiger partial charge in [0.2, 0.25) is 0 Å². The second-order valence-electron chi connectivity index (χ2n) is 5.07. The molecule has 66 valence electrons. The van der Waals surface area contributed by atoms with Crippen LogP contribution in [0.2, 0.25) is 0 Å². The van der Waals surface area contributed by atoms with Crippen LogP contribution >= 0.6 is 0 Å². The Bertz CT molecular complexity index is 361. The largest absolute Gasteiger partial charge is 0.299 e. The Morgan fingerprint density at radius 1 is 1.23 bits per heavy atom. The van der Waals surface area contributed by atoms with E-state index in [0.29, 0.717) is 28.4 Å². The minimum absolute atomic E-state index is 0.299. The molecule has 0 heterocycles. The van der Waals surface area contributed by atoms with Gasteiger partial charge in [-0.2, -0.15) is 0 Å². The van der Waals surface area contributed by atoms with Gasteiger partial charge in [-0.3, -0.25) is 4.79 Å². The van der Waals surface area contributed by atoms with E-state index in [4.69, 9.17) is 0 Å². The number of carbonyl (C=O) groups is 1. The monoisotopic (exact) mass is 172 g/mol. The van der Waals surface area contributed by atoms with Gasteiger partial charge in [0.05, 0.1) is 0 Å². The lowest BCUT2D eigenvalue weighted by Gasteiger charge is -2.32. The van der Waals surface area contributed by atoms with E-state index in [9.17, 15) is 4.79 Å². The maximum Gasteiger partial charge on any atom is 0.140 e. The zero-order valence-electron chi connectivity index (χ0n) is 7.49. The van der Waals surface area contributed by atoms with E-state index in [1.165, 1.54) is 6.42 Å². The highest BCUT2D eigenvalue weighted by atomic mass is 16.1. The molecular weight excluding hydrogens is 160 g/mol. The molecule has 5 aliphatic carbocycles. The first-order valence-corrected chi connectivity index (χ1v) is 5.21. The van der Waals surface area contributed by atoms with Crippen LogP contribution in [-0.4, -0.2) is 5.78 Å². The molecule has 1 unspecified atom stereocenters. The SMILES string of the molecule is O=C1C2[C@@]34C=CC=C[C@@]23C[C@@H]1CC4. The average molecular weight is 172 g/mol. The Balaban J connectivity index is 1.98. The molecule has 4 saturated carbocycles. The Labute approximate surface area is 77.5 Å². The summed E-state index contributed by atoms with van der Waals surface area (Å²) in [4.78, 5) is 11.9. The third kappa shape index (κ3) is 0.438. The summed E-state index contributed by atoms with van der Waals surface area (Å²) in [5, 5.41) is 0. The van der Waals surface area contributed by atoms with Crippen LogP contribution in [0.15, 0.2) is 24.3 Å². The highest BCUT2D eigenvalue weighted by Crippen LogP contribution is 2.83. The molecule has 0 aromatic carbocycles. The van der Waals surface area contributed by atoms with E-state index in [0.717, 1.165) is 12.8 Å². The zero-order chi connectivity index (χ0) is 8.68. The van der Waals surface area contributed by atoms with Gasteiger partial charge < -0.3 is 0 Å². The van der Waals surface area contributed by atoms with Gasteiger partial charge in [0.1, 0.15) is 5.78 Å². The Morgan fingerprint density at radius 2 is 2.00 bits per heavy atom. The molecule has 0 aliphatic heterocycles. The molecular formula is C12H12O. The summed E-state index contributed by atoms with van der Waals surface area (Å²) in [5.41, 5.74) is 0.606. The molecule has 1 nitrogen and oxygen atoms in total. The molecule has 0 aromatic rings. The fourth-order valence-electron chi connectivity index (χ4n) is 4.35. The lowest BCUT2D eigenvalue weighted by atomic mass is 9.70. The number of rotatable bonds is 0. The normalized spacial score (nSPS) is 59.5. The van der Waals surface area contributed by atoms with Crippen molar-refractivity contribution >= 4 is 5.78 Å². The topological polar surface area (TPSA) is 17.1 Å². The summed E-state index contributed by atoms with van der Waals surface area (Å²) in [5.74, 6) is 1.37. The highest BCUT2D eigenvalue weighted by molar-refractivity contribution is 5.95. The first-order valence-electron chi connectivity index (χ1n) is 5.21. The molecule has 0 saturated heterocycles. The predicted molar refractivity (Wildman–Crippen MR) is 49.0 cm³/mol. The third-order valence-corrected chi connectivity index (χ3v) is 4.89. The minimum atomic E-state index is 0.299. The molecule has 4 atom stereocenters. The molecule has 0 amide bonds. The summed E-state index contributed by atoms with van der Waals surface area (Å²) in [6.45, 7) is 0. The van der Waals surface area contributed by atoms with E-state index in [-0.39, 0.29) is 0 Å². The Morgan fingerprint density at radius 3 is 2.77 bits per heavy atom. The molecule has 0 N–H and O–H groups in total. The van der Waals surface area contributed by atoms with Crippen molar-refractivity contribution in [2.75, 3.05) is 0 Å². The summed E-state index contributed by atoms with van der Waals surface area (Å²) in [7, 11) is 0. The van der Waals surface area contributed by atoms with Crippen LogP contribution in [0, 0.1) is 22.7 Å². The van der Waals surface area contributed by atoms with Gasteiger partial charge in [0, 0.05) is 22.7 Å². The predicted octanol–water partition coefficient (Wildman–Crippen LogP) is 2.10. The number of Topliss-reactive ketones (excluding diaryl/α,β-unsaturated/α-hetero) is 1. The molecule has 13 heavy (non-hydrogen) atoms. The van der Waals surface area contributed by atoms with Crippen molar-refractivity contribution in [3.8, 4) is 0 Å². The van der Waals surface area contributed by atoms with Crippen LogP contribution in [0.4, 0.5) is 0 Å². The van der Waals surface area contributed by atoms with Crippen LogP contribution in [0.25, 0.3) is 0 Å². The number of allylic oxidation sites excluding steroid dienone is 4. The van der Waals surface area contributed by atoms with Crippen molar-refractivity contribution in [3.05, 3.63) is 24.3 Å². The van der Waals surface area contributed by atoms with Crippen molar-refractivity contribution in [1.82, 2.24) is 0 Å². The van der Waals surface area contributed by atoms with Gasteiger partial charge in [-0.15, -0.1) is 0 Å². The summed E-state index contributed by atoms with van der Waals surface area (Å²) < 4.78 is 0. The molecule has 4 fully saturated rings. The molecule has 5 rings (SSSR count). The van der Waals surface area contributed by atoms with E-state index >= 15 is 0 Å². The smallest absolute Gasteiger partial charge is 0.140 e. The first-order chi connectivity index (χ1) is 6.30. The van der Waals surface area contributed by atoms with Gasteiger partial charge in [0.15, 0.2) is 0 Å². The summed E-state index contributed by atoms with van der Waals surface area (Å²) in [6, 6.07) is 0. The van der Waals surface area contributed by atoms with Crippen LogP contribution in [-0.2, 0) is 4.79 Å². The number of hydrogen-bond acceptors (Lipinski definition) is 1. The van der Waals surface area contributed by atoms with Crippen molar-refractivity contribution < 1.29 is 4.79 Å². The molecule has 0 radical (unpaired) electrons. The van der Waals surface area contributed by atoms with Gasteiger partial charge in [-0.1, -0.05) is 24.3 Å². The average Bonchev–Trinajstić information content (AvgIpc) is 2.71. The van der Waals surface area contributed by atoms with E-state index in [1.54, 1.807) is 0 Å². The van der Waals surface area contributed by atoms with Gasteiger partial charge in [0.25, 0.3) is 0 Å². The van der Waals surface area contributed by atoms with E-state index in [2.05, 4.69) is 24.3 Å². The highest BCUT2D eigenvalue weighted by Gasteiger charge is 2.82. The van der Waals surface area contributed by atoms with Crippen molar-refractivity contribution in [1.29, 1.82) is 0 Å². The standard InChI is InChI=1S/C12H12O/c13-9-8-3-6-11-4-1-2-5-12(11,7-8)10(9)11/h1-2,4-5,8,10H,3,6-7H2/t8-,10?,11-,12+/m0/s1. The van der Waals surface area contributed by atoms with Crippen LogP contribution < -0.4 is 0 Å². The second-order valence-corrected chi connectivity index (χ2v) is 5.07. The lowest BCUT2D eigenvalue weighted by molar-refractivity contribution is -0.125. The van der Waals surface area contributed by atoms with Crippen molar-refractivity contribution in [2.45, 2.75) is 19.3 Å². The van der Waals surface area contributed by atoms with Gasteiger partial charge >= 0.3 is 0 Å². The van der Waals surface area contributed by atoms with Gasteiger partial charge in [-0.05, 0) is 19.3 Å². The van der Waals surface area contributed by atoms with Crippen molar-refractivity contribution in [2.24, 2.45) is 22.7 Å². The van der Waals surface area contributed by atoms with E-state index < -0.39 is 0 Å². The minimum Gasteiger partial charge on any atom is -0.299 e. The van der Waals surface area contributed by atoms with E-state index in [1.807, 2.05) is 0 Å². The van der Waals surface area contributed by atoms with Crippen LogP contribution in [0.5, 0.6) is 0 Å². The Hall–Kier alpha value is -0.850. The zero-order valence-corrected chi connectivity index (χ0v) is 7.49. The summed E-state index contributed by atoms with van der Waals surface area (Å²) >= 11 is 0. The number of fused-ring (bicyclic) bond motifs is 1. The van der Waals surface area contributed by atoms with Gasteiger partial charge in [-0.25, -0.2) is 0 Å². The quantitative estimate of drug-likeness (QED) is 0.547. The fourth-order valence-corrected chi connectivity index (χ4v) is 4.35. The number of hydrogen-bond donors (Lipinski definition) is 0. The Kier molecular flexibility index (Phi) is 0.789. The number of ketones is 1. The summed E-state index contributed by atoms with van der Waals surface area (Å²) in [6.07, 6.45) is 12.5. The molecule has 0 aromatic heterocycles. The second kappa shape index (κ2) is 1.56.